The van der Waals surface area contributed by atoms with Crippen LogP contribution in [0.5, 0.6) is 0 Å². The summed E-state index contributed by atoms with van der Waals surface area (Å²) in [5.41, 5.74) is 0. The van der Waals surface area contributed by atoms with Gasteiger partial charge in [0.15, 0.2) is 0 Å². The Bertz CT molecular complexity index is 524. The van der Waals surface area contributed by atoms with Crippen molar-refractivity contribution in [1.82, 2.24) is 29.9 Å². The number of hydrogen-bond donors (Lipinski definition) is 1. The molecule has 2 aliphatic rings. The molecule has 0 spiro atoms. The lowest BCUT2D eigenvalue weighted by molar-refractivity contribution is 0.172. The van der Waals surface area contributed by atoms with E-state index in [4.69, 9.17) is 0 Å². The first kappa shape index (κ1) is 16.2. The molecule has 2 atom stereocenters. The Morgan fingerprint density at radius 3 is 2.83 bits per heavy atom. The smallest absolute Gasteiger partial charge is 0.317 e. The van der Waals surface area contributed by atoms with Gasteiger partial charge in [0.05, 0.1) is 0 Å². The summed E-state index contributed by atoms with van der Waals surface area (Å²) in [7, 11) is 1.96. The minimum atomic E-state index is 0.0583. The molecule has 0 aromatic carbocycles. The van der Waals surface area contributed by atoms with Crippen LogP contribution in [-0.4, -0.2) is 69.4 Å². The number of nitrogens with zero attached hydrogens (tertiary/aromatic N) is 5. The average Bonchev–Trinajstić information content (AvgIpc) is 3.24. The van der Waals surface area contributed by atoms with Crippen LogP contribution in [0.2, 0.25) is 0 Å². The number of aryl methyl sites for hydroxylation is 1. The molecule has 3 heterocycles. The molecule has 23 heavy (non-hydrogen) atoms. The van der Waals surface area contributed by atoms with Crippen molar-refractivity contribution in [3.63, 3.8) is 0 Å². The van der Waals surface area contributed by atoms with Crippen LogP contribution in [0, 0.1) is 0 Å². The van der Waals surface area contributed by atoms with Crippen LogP contribution in [0.25, 0.3) is 0 Å². The van der Waals surface area contributed by atoms with Gasteiger partial charge in [-0.2, -0.15) is 0 Å². The minimum Gasteiger partial charge on any atom is -0.336 e. The number of nitrogens with one attached hydrogen (secondary N) is 1. The third-order valence-electron chi connectivity index (χ3n) is 5.13. The maximum atomic E-state index is 12.5. The van der Waals surface area contributed by atoms with Crippen molar-refractivity contribution in [2.24, 2.45) is 7.05 Å². The van der Waals surface area contributed by atoms with E-state index < -0.39 is 0 Å². The molecule has 2 unspecified atom stereocenters. The first-order chi connectivity index (χ1) is 11.1. The molecule has 0 radical (unpaired) electrons. The van der Waals surface area contributed by atoms with Crippen molar-refractivity contribution in [3.8, 4) is 0 Å². The summed E-state index contributed by atoms with van der Waals surface area (Å²) >= 11 is 0. The molecule has 1 aromatic rings. The number of hydrogen-bond acceptors (Lipinski definition) is 4. The Balaban J connectivity index is 1.50. The first-order valence-corrected chi connectivity index (χ1v) is 8.76. The Labute approximate surface area is 138 Å². The number of piperidine rings is 1. The molecule has 128 valence electrons. The Hall–Kier alpha value is -1.63. The van der Waals surface area contributed by atoms with Gasteiger partial charge in [0.25, 0.3) is 0 Å². The van der Waals surface area contributed by atoms with E-state index in [1.54, 1.807) is 6.33 Å². The topological polar surface area (TPSA) is 66.3 Å². The average molecular weight is 320 g/mol. The highest BCUT2D eigenvalue weighted by atomic mass is 16.2. The van der Waals surface area contributed by atoms with E-state index in [-0.39, 0.29) is 11.9 Å². The van der Waals surface area contributed by atoms with E-state index in [0.29, 0.717) is 6.04 Å². The predicted octanol–water partition coefficient (Wildman–Crippen LogP) is 1.19. The van der Waals surface area contributed by atoms with Crippen LogP contribution in [0.4, 0.5) is 4.79 Å². The molecule has 2 fully saturated rings. The van der Waals surface area contributed by atoms with Gasteiger partial charge in [-0.3, -0.25) is 4.90 Å². The number of rotatable bonds is 4. The van der Waals surface area contributed by atoms with Crippen LogP contribution in [0.3, 0.4) is 0 Å². The van der Waals surface area contributed by atoms with Gasteiger partial charge in [-0.25, -0.2) is 4.79 Å². The molecule has 1 N–H and O–H groups in total. The summed E-state index contributed by atoms with van der Waals surface area (Å²) in [6.45, 7) is 6.81. The van der Waals surface area contributed by atoms with Crippen LogP contribution >= 0.6 is 0 Å². The molecular formula is C16H28N6O. The normalized spacial score (nSPS) is 23.9. The second kappa shape index (κ2) is 7.29. The lowest BCUT2D eigenvalue weighted by Crippen LogP contribution is -2.48. The molecule has 2 aliphatic heterocycles. The fourth-order valence-electron chi connectivity index (χ4n) is 3.69. The largest absolute Gasteiger partial charge is 0.336 e. The van der Waals surface area contributed by atoms with Gasteiger partial charge in [0.2, 0.25) is 0 Å². The van der Waals surface area contributed by atoms with Crippen molar-refractivity contribution in [3.05, 3.63) is 12.2 Å². The van der Waals surface area contributed by atoms with Gasteiger partial charge in [0, 0.05) is 38.6 Å². The molecule has 7 heteroatoms. The molecule has 0 bridgehead atoms. The maximum Gasteiger partial charge on any atom is 0.317 e. The number of aromatic nitrogens is 3. The van der Waals surface area contributed by atoms with Gasteiger partial charge >= 0.3 is 6.03 Å². The molecule has 2 saturated heterocycles. The minimum absolute atomic E-state index is 0.0583. The molecule has 7 nitrogen and oxygen atoms in total. The van der Waals surface area contributed by atoms with Gasteiger partial charge in [-0.1, -0.05) is 0 Å². The van der Waals surface area contributed by atoms with Gasteiger partial charge in [0.1, 0.15) is 12.2 Å². The Morgan fingerprint density at radius 1 is 1.35 bits per heavy atom. The maximum absolute atomic E-state index is 12.5. The molecule has 1 aromatic heterocycles. The van der Waals surface area contributed by atoms with Crippen LogP contribution in [-0.2, 0) is 7.05 Å². The van der Waals surface area contributed by atoms with E-state index >= 15 is 0 Å². The second-order valence-corrected chi connectivity index (χ2v) is 6.86. The molecule has 3 rings (SSSR count). The van der Waals surface area contributed by atoms with Gasteiger partial charge in [-0.15, -0.1) is 10.2 Å². The highest BCUT2D eigenvalue weighted by Crippen LogP contribution is 2.24. The van der Waals surface area contributed by atoms with Crippen molar-refractivity contribution >= 4 is 6.03 Å². The summed E-state index contributed by atoms with van der Waals surface area (Å²) in [5.74, 6) is 1.27. The number of likely N-dealkylation sites (tertiary alicyclic amines) is 2. The zero-order valence-corrected chi connectivity index (χ0v) is 14.2. The predicted molar refractivity (Wildman–Crippen MR) is 88.2 cm³/mol. The van der Waals surface area contributed by atoms with Crippen molar-refractivity contribution < 1.29 is 4.79 Å². The van der Waals surface area contributed by atoms with Crippen LogP contribution < -0.4 is 5.32 Å². The first-order valence-electron chi connectivity index (χ1n) is 8.76. The standard InChI is InChI=1S/C16H28N6O/c1-13(21-7-3-4-8-21)10-17-16(23)22-9-5-6-14(11-22)15-19-18-12-20(15)2/h12-14H,3-11H2,1-2H3,(H,17,23). The Morgan fingerprint density at radius 2 is 2.13 bits per heavy atom. The van der Waals surface area contributed by atoms with Crippen LogP contribution in [0.15, 0.2) is 6.33 Å². The third kappa shape index (κ3) is 3.83. The monoisotopic (exact) mass is 320 g/mol. The number of urea groups is 1. The van der Waals surface area contributed by atoms with Crippen molar-refractivity contribution in [1.29, 1.82) is 0 Å². The highest BCUT2D eigenvalue weighted by molar-refractivity contribution is 5.74. The molecular weight excluding hydrogens is 292 g/mol. The van der Waals surface area contributed by atoms with E-state index in [1.165, 1.54) is 12.8 Å². The second-order valence-electron chi connectivity index (χ2n) is 6.86. The van der Waals surface area contributed by atoms with Crippen molar-refractivity contribution in [2.45, 2.75) is 44.6 Å². The molecule has 0 aliphatic carbocycles. The zero-order valence-electron chi connectivity index (χ0n) is 14.2. The highest BCUT2D eigenvalue weighted by Gasteiger charge is 2.28. The fourth-order valence-corrected chi connectivity index (χ4v) is 3.69. The zero-order chi connectivity index (χ0) is 16.2. The number of amides is 2. The SMILES string of the molecule is CC(CNC(=O)N1CCCC(c2nncn2C)C1)N1CCCC1. The third-order valence-corrected chi connectivity index (χ3v) is 5.13. The van der Waals surface area contributed by atoms with E-state index in [1.807, 2.05) is 16.5 Å². The van der Waals surface area contributed by atoms with E-state index in [2.05, 4.69) is 27.3 Å². The lowest BCUT2D eigenvalue weighted by Gasteiger charge is -2.33. The fraction of sp³-hybridized carbons (Fsp3) is 0.812. The summed E-state index contributed by atoms with van der Waals surface area (Å²) in [6.07, 6.45) is 6.38. The van der Waals surface area contributed by atoms with Gasteiger partial charge < -0.3 is 14.8 Å². The van der Waals surface area contributed by atoms with Crippen molar-refractivity contribution in [2.75, 3.05) is 32.7 Å². The Kier molecular flexibility index (Phi) is 5.15. The number of carbonyl (C=O) groups excluding carboxylic acids is 1. The molecule has 2 amide bonds. The summed E-state index contributed by atoms with van der Waals surface area (Å²) in [6, 6.07) is 0.476. The lowest BCUT2D eigenvalue weighted by atomic mass is 9.97. The summed E-state index contributed by atoms with van der Waals surface area (Å²) in [4.78, 5) is 16.9. The summed E-state index contributed by atoms with van der Waals surface area (Å²) in [5, 5.41) is 11.3. The van der Waals surface area contributed by atoms with Gasteiger partial charge in [-0.05, 0) is 45.7 Å². The van der Waals surface area contributed by atoms with Crippen LogP contribution in [0.1, 0.15) is 44.3 Å². The molecule has 0 saturated carbocycles. The van der Waals surface area contributed by atoms with E-state index in [0.717, 1.165) is 51.4 Å². The quantitative estimate of drug-likeness (QED) is 0.905. The van der Waals surface area contributed by atoms with E-state index in [9.17, 15) is 4.79 Å². The number of carbonyl (C=O) groups is 1. The summed E-state index contributed by atoms with van der Waals surface area (Å²) < 4.78 is 1.96.